The average molecular weight is 449 g/mol. The molecule has 2 aliphatic rings. The summed E-state index contributed by atoms with van der Waals surface area (Å²) in [5.74, 6) is -0.125. The lowest BCUT2D eigenvalue weighted by molar-refractivity contribution is -0.00521. The van der Waals surface area contributed by atoms with Gasteiger partial charge in [0.05, 0.1) is 17.9 Å². The minimum atomic E-state index is -0.125. The highest BCUT2D eigenvalue weighted by Crippen LogP contribution is 2.30. The highest BCUT2D eigenvalue weighted by Gasteiger charge is 2.23. The fraction of sp³-hybridized carbons (Fsp3) is 0.360. The summed E-state index contributed by atoms with van der Waals surface area (Å²) in [4.78, 5) is 19.9. The van der Waals surface area contributed by atoms with Crippen LogP contribution in [0.4, 0.5) is 16.5 Å². The Morgan fingerprint density at radius 1 is 1.09 bits per heavy atom. The number of morpholine rings is 1. The van der Waals surface area contributed by atoms with Gasteiger partial charge in [0.2, 0.25) is 0 Å². The van der Waals surface area contributed by atoms with Crippen molar-refractivity contribution in [2.24, 2.45) is 0 Å². The number of aromatic nitrogens is 1. The van der Waals surface area contributed by atoms with Crippen molar-refractivity contribution in [1.29, 1.82) is 0 Å². The van der Waals surface area contributed by atoms with E-state index in [0.717, 1.165) is 40.9 Å². The number of nitrogens with one attached hydrogen (secondary N) is 2. The first-order valence-electron chi connectivity index (χ1n) is 11.2. The Hall–Kier alpha value is -2.90. The second-order valence-electron chi connectivity index (χ2n) is 8.70. The minimum absolute atomic E-state index is 0.125. The molecule has 1 aromatic heterocycles. The van der Waals surface area contributed by atoms with Crippen LogP contribution in [0.3, 0.4) is 0 Å². The third-order valence-corrected chi connectivity index (χ3v) is 6.51. The number of carbonyl (C=O) groups is 1. The van der Waals surface area contributed by atoms with Gasteiger partial charge in [0, 0.05) is 47.0 Å². The van der Waals surface area contributed by atoms with Crippen LogP contribution >= 0.6 is 11.3 Å². The zero-order chi connectivity index (χ0) is 22.1. The summed E-state index contributed by atoms with van der Waals surface area (Å²) in [6.45, 7) is 5.94. The maximum absolute atomic E-state index is 12.9. The number of amides is 1. The molecule has 32 heavy (non-hydrogen) atoms. The van der Waals surface area contributed by atoms with Gasteiger partial charge in [-0.2, -0.15) is 0 Å². The Morgan fingerprint density at radius 3 is 2.56 bits per heavy atom. The van der Waals surface area contributed by atoms with E-state index in [1.807, 2.05) is 41.8 Å². The highest BCUT2D eigenvalue weighted by molar-refractivity contribution is 7.14. The molecule has 1 aliphatic carbocycles. The molecule has 5 rings (SSSR count). The Kier molecular flexibility index (Phi) is 5.85. The molecule has 6 nitrogen and oxygen atoms in total. The first-order chi connectivity index (χ1) is 15.5. The summed E-state index contributed by atoms with van der Waals surface area (Å²) in [6.07, 6.45) is 2.86. The SMILES string of the molecule is C[C@@H]1CN(c2ccc(NC(=O)c3cccc(-c4csc(NC5CC5)n4)c3)cc2)C[C@H](C)O1. The van der Waals surface area contributed by atoms with Gasteiger partial charge < -0.3 is 20.3 Å². The van der Waals surface area contributed by atoms with Gasteiger partial charge in [-0.25, -0.2) is 4.98 Å². The van der Waals surface area contributed by atoms with Crippen molar-refractivity contribution in [1.82, 2.24) is 4.98 Å². The predicted octanol–water partition coefficient (Wildman–Crippen LogP) is 5.25. The van der Waals surface area contributed by atoms with E-state index in [1.54, 1.807) is 11.3 Å². The largest absolute Gasteiger partial charge is 0.372 e. The van der Waals surface area contributed by atoms with Gasteiger partial charge in [0.1, 0.15) is 0 Å². The van der Waals surface area contributed by atoms with Crippen LogP contribution in [-0.2, 0) is 4.74 Å². The molecule has 166 valence electrons. The van der Waals surface area contributed by atoms with Crippen molar-refractivity contribution in [3.63, 3.8) is 0 Å². The molecule has 2 heterocycles. The van der Waals surface area contributed by atoms with Crippen LogP contribution in [0.5, 0.6) is 0 Å². The lowest BCUT2D eigenvalue weighted by Crippen LogP contribution is -2.45. The zero-order valence-electron chi connectivity index (χ0n) is 18.4. The van der Waals surface area contributed by atoms with Crippen LogP contribution in [0.15, 0.2) is 53.9 Å². The lowest BCUT2D eigenvalue weighted by Gasteiger charge is -2.36. The third kappa shape index (κ3) is 4.95. The molecule has 1 saturated heterocycles. The van der Waals surface area contributed by atoms with Crippen LogP contribution < -0.4 is 15.5 Å². The maximum atomic E-state index is 12.9. The second-order valence-corrected chi connectivity index (χ2v) is 9.56. The molecular weight excluding hydrogens is 420 g/mol. The minimum Gasteiger partial charge on any atom is -0.372 e. The molecule has 1 amide bonds. The van der Waals surface area contributed by atoms with Crippen molar-refractivity contribution in [3.8, 4) is 11.3 Å². The molecule has 0 unspecified atom stereocenters. The van der Waals surface area contributed by atoms with Gasteiger partial charge in [-0.15, -0.1) is 11.3 Å². The van der Waals surface area contributed by atoms with Gasteiger partial charge in [0.15, 0.2) is 5.13 Å². The molecule has 0 radical (unpaired) electrons. The number of hydrogen-bond donors (Lipinski definition) is 2. The number of hydrogen-bond acceptors (Lipinski definition) is 6. The van der Waals surface area contributed by atoms with Crippen LogP contribution in [0.2, 0.25) is 0 Å². The van der Waals surface area contributed by atoms with Crippen molar-refractivity contribution in [2.75, 3.05) is 28.6 Å². The molecule has 1 aliphatic heterocycles. The molecule has 2 N–H and O–H groups in total. The number of rotatable bonds is 6. The van der Waals surface area contributed by atoms with E-state index in [4.69, 9.17) is 4.74 Å². The molecule has 2 fully saturated rings. The van der Waals surface area contributed by atoms with Gasteiger partial charge in [-0.05, 0) is 63.1 Å². The van der Waals surface area contributed by atoms with E-state index < -0.39 is 0 Å². The molecule has 3 aromatic rings. The van der Waals surface area contributed by atoms with Crippen molar-refractivity contribution >= 4 is 33.8 Å². The first-order valence-corrected chi connectivity index (χ1v) is 12.1. The summed E-state index contributed by atoms with van der Waals surface area (Å²) < 4.78 is 5.82. The molecule has 0 spiro atoms. The van der Waals surface area contributed by atoms with Crippen LogP contribution in [0.1, 0.15) is 37.0 Å². The fourth-order valence-corrected chi connectivity index (χ4v) is 4.84. The van der Waals surface area contributed by atoms with Gasteiger partial charge in [-0.3, -0.25) is 4.79 Å². The third-order valence-electron chi connectivity index (χ3n) is 5.74. The van der Waals surface area contributed by atoms with E-state index in [9.17, 15) is 4.79 Å². The van der Waals surface area contributed by atoms with Gasteiger partial charge in [-0.1, -0.05) is 12.1 Å². The topological polar surface area (TPSA) is 66.5 Å². The van der Waals surface area contributed by atoms with E-state index >= 15 is 0 Å². The summed E-state index contributed by atoms with van der Waals surface area (Å²) in [5, 5.41) is 9.42. The molecular formula is C25H28N4O2S. The number of nitrogens with zero attached hydrogens (tertiary/aromatic N) is 2. The lowest BCUT2D eigenvalue weighted by atomic mass is 10.1. The second kappa shape index (κ2) is 8.92. The van der Waals surface area contributed by atoms with Crippen molar-refractivity contribution in [2.45, 2.75) is 44.9 Å². The molecule has 2 aromatic carbocycles. The standard InChI is InChI=1S/C25H28N4O2S/c1-16-13-29(14-17(2)31-16)22-10-8-20(9-11-22)26-24(30)19-5-3-4-18(12-19)23-15-32-25(28-23)27-21-6-7-21/h3-5,8-12,15-17,21H,6-7,13-14H2,1-2H3,(H,26,30)(H,27,28)/t16-,17+. The molecule has 0 bridgehead atoms. The van der Waals surface area contributed by atoms with Gasteiger partial charge >= 0.3 is 0 Å². The summed E-state index contributed by atoms with van der Waals surface area (Å²) in [6, 6.07) is 16.2. The Labute approximate surface area is 192 Å². The monoisotopic (exact) mass is 448 g/mol. The normalized spacial score (nSPS) is 20.8. The smallest absolute Gasteiger partial charge is 0.255 e. The maximum Gasteiger partial charge on any atom is 0.255 e. The predicted molar refractivity (Wildman–Crippen MR) is 131 cm³/mol. The Balaban J connectivity index is 1.25. The van der Waals surface area contributed by atoms with Crippen molar-refractivity contribution < 1.29 is 9.53 Å². The average Bonchev–Trinajstić information content (AvgIpc) is 3.48. The highest BCUT2D eigenvalue weighted by atomic mass is 32.1. The van der Waals surface area contributed by atoms with Crippen LogP contribution in [-0.4, -0.2) is 42.2 Å². The zero-order valence-corrected chi connectivity index (χ0v) is 19.2. The van der Waals surface area contributed by atoms with E-state index in [2.05, 4.69) is 46.5 Å². The number of benzene rings is 2. The molecule has 7 heteroatoms. The van der Waals surface area contributed by atoms with Gasteiger partial charge in [0.25, 0.3) is 5.91 Å². The van der Waals surface area contributed by atoms with Crippen molar-refractivity contribution in [3.05, 3.63) is 59.5 Å². The summed E-state index contributed by atoms with van der Waals surface area (Å²) in [5.41, 5.74) is 4.39. The Bertz CT molecular complexity index is 1080. The van der Waals surface area contributed by atoms with E-state index in [0.29, 0.717) is 11.6 Å². The molecule has 2 atom stereocenters. The molecule has 1 saturated carbocycles. The number of thiazole rings is 1. The summed E-state index contributed by atoms with van der Waals surface area (Å²) in [7, 11) is 0. The van der Waals surface area contributed by atoms with E-state index in [1.165, 1.54) is 12.8 Å². The van der Waals surface area contributed by atoms with E-state index in [-0.39, 0.29) is 18.1 Å². The summed E-state index contributed by atoms with van der Waals surface area (Å²) >= 11 is 1.61. The van der Waals surface area contributed by atoms with Crippen LogP contribution in [0, 0.1) is 0 Å². The first kappa shape index (κ1) is 21.0. The number of ether oxygens (including phenoxy) is 1. The van der Waals surface area contributed by atoms with Crippen LogP contribution in [0.25, 0.3) is 11.3 Å². The fourth-order valence-electron chi connectivity index (χ4n) is 4.04. The number of carbonyl (C=O) groups excluding carboxylic acids is 1. The number of anilines is 3. The Morgan fingerprint density at radius 2 is 1.84 bits per heavy atom. The quantitative estimate of drug-likeness (QED) is 0.539.